The van der Waals surface area contributed by atoms with Crippen LogP contribution in [0.25, 0.3) is 11.4 Å². The van der Waals surface area contributed by atoms with Gasteiger partial charge in [0.15, 0.2) is 0 Å². The second-order valence-corrected chi connectivity index (χ2v) is 6.12. The Labute approximate surface area is 145 Å². The second kappa shape index (κ2) is 7.87. The first kappa shape index (κ1) is 17.1. The summed E-state index contributed by atoms with van der Waals surface area (Å²) >= 11 is 0. The van der Waals surface area contributed by atoms with Gasteiger partial charge in [0.25, 0.3) is 0 Å². The summed E-state index contributed by atoms with van der Waals surface area (Å²) in [6.07, 6.45) is 3.08. The molecular weight excluding hydrogens is 322 g/mol. The van der Waals surface area contributed by atoms with E-state index >= 15 is 0 Å². The van der Waals surface area contributed by atoms with Crippen LogP contribution in [-0.2, 0) is 16.1 Å². The Morgan fingerprint density at radius 1 is 1.20 bits per heavy atom. The van der Waals surface area contributed by atoms with E-state index in [-0.39, 0.29) is 12.3 Å². The maximum absolute atomic E-state index is 12.3. The number of benzene rings is 1. The first-order valence-corrected chi connectivity index (χ1v) is 8.50. The quantitative estimate of drug-likeness (QED) is 0.854. The van der Waals surface area contributed by atoms with Crippen LogP contribution in [0.3, 0.4) is 0 Å². The molecule has 8 nitrogen and oxygen atoms in total. The van der Waals surface area contributed by atoms with Gasteiger partial charge in [0.2, 0.25) is 11.7 Å². The molecule has 1 N–H and O–H groups in total. The number of aliphatic carboxylic acids is 1. The Balaban J connectivity index is 1.52. The summed E-state index contributed by atoms with van der Waals surface area (Å²) < 4.78 is 0. The number of carbonyl (C=O) groups is 2. The number of carboxylic acids is 1. The third-order valence-electron chi connectivity index (χ3n) is 4.34. The highest BCUT2D eigenvalue weighted by Crippen LogP contribution is 2.19. The van der Waals surface area contributed by atoms with Crippen LogP contribution >= 0.6 is 0 Å². The van der Waals surface area contributed by atoms with E-state index in [9.17, 15) is 14.7 Å². The molecule has 2 aromatic rings. The lowest BCUT2D eigenvalue weighted by atomic mass is 10.0. The molecule has 0 radical (unpaired) electrons. The number of carbonyl (C=O) groups excluding carboxylic acids is 1. The average Bonchev–Trinajstić information content (AvgIpc) is 3.11. The van der Waals surface area contributed by atoms with Crippen LogP contribution in [0.4, 0.5) is 0 Å². The minimum Gasteiger partial charge on any atom is -0.480 e. The molecule has 1 fully saturated rings. The maximum Gasteiger partial charge on any atom is 0.326 e. The molecule has 1 unspecified atom stereocenters. The third kappa shape index (κ3) is 4.20. The SMILES string of the molecule is O=C(O)C1CCCCN1C(=O)CCCn1nnc(-c2ccccc2)n1. The van der Waals surface area contributed by atoms with Gasteiger partial charge in [0.05, 0.1) is 6.54 Å². The monoisotopic (exact) mass is 343 g/mol. The van der Waals surface area contributed by atoms with Gasteiger partial charge in [-0.1, -0.05) is 30.3 Å². The zero-order chi connectivity index (χ0) is 17.6. The molecule has 132 valence electrons. The van der Waals surface area contributed by atoms with Gasteiger partial charge < -0.3 is 10.0 Å². The smallest absolute Gasteiger partial charge is 0.326 e. The standard InChI is InChI=1S/C17H21N5O3/c23-15(21-11-5-4-9-14(21)17(24)25)10-6-12-22-19-16(18-20-22)13-7-2-1-3-8-13/h1-3,7-8,14H,4-6,9-12H2,(H,24,25). The summed E-state index contributed by atoms with van der Waals surface area (Å²) in [5.74, 6) is -0.483. The van der Waals surface area contributed by atoms with Crippen LogP contribution in [0.15, 0.2) is 30.3 Å². The fourth-order valence-corrected chi connectivity index (χ4v) is 3.04. The molecule has 1 aromatic heterocycles. The van der Waals surface area contributed by atoms with E-state index in [0.29, 0.717) is 31.8 Å². The van der Waals surface area contributed by atoms with E-state index in [1.807, 2.05) is 30.3 Å². The molecule has 25 heavy (non-hydrogen) atoms. The molecule has 8 heteroatoms. The van der Waals surface area contributed by atoms with Crippen LogP contribution < -0.4 is 0 Å². The van der Waals surface area contributed by atoms with Crippen molar-refractivity contribution in [2.45, 2.75) is 44.7 Å². The fourth-order valence-electron chi connectivity index (χ4n) is 3.04. The summed E-state index contributed by atoms with van der Waals surface area (Å²) in [6, 6.07) is 8.87. The Bertz CT molecular complexity index is 731. The van der Waals surface area contributed by atoms with Gasteiger partial charge in [-0.3, -0.25) is 4.79 Å². The summed E-state index contributed by atoms with van der Waals surface area (Å²) in [5, 5.41) is 21.6. The van der Waals surface area contributed by atoms with Gasteiger partial charge in [0, 0.05) is 18.5 Å². The van der Waals surface area contributed by atoms with Crippen LogP contribution in [-0.4, -0.2) is 54.7 Å². The lowest BCUT2D eigenvalue weighted by Crippen LogP contribution is -2.47. The number of hydrogen-bond donors (Lipinski definition) is 1. The van der Waals surface area contributed by atoms with Crippen molar-refractivity contribution in [3.63, 3.8) is 0 Å². The zero-order valence-electron chi connectivity index (χ0n) is 13.9. The minimum absolute atomic E-state index is 0.115. The van der Waals surface area contributed by atoms with Crippen LogP contribution in [0.2, 0.25) is 0 Å². The highest BCUT2D eigenvalue weighted by molar-refractivity contribution is 5.83. The number of amides is 1. The lowest BCUT2D eigenvalue weighted by molar-refractivity contribution is -0.152. The lowest BCUT2D eigenvalue weighted by Gasteiger charge is -2.33. The molecule has 2 heterocycles. The van der Waals surface area contributed by atoms with Crippen molar-refractivity contribution in [3.8, 4) is 11.4 Å². The largest absolute Gasteiger partial charge is 0.480 e. The third-order valence-corrected chi connectivity index (χ3v) is 4.34. The van der Waals surface area contributed by atoms with E-state index in [4.69, 9.17) is 0 Å². The number of aromatic nitrogens is 4. The van der Waals surface area contributed by atoms with Crippen molar-refractivity contribution in [1.82, 2.24) is 25.1 Å². The Morgan fingerprint density at radius 3 is 2.76 bits per heavy atom. The van der Waals surface area contributed by atoms with Crippen molar-refractivity contribution in [2.75, 3.05) is 6.54 Å². The van der Waals surface area contributed by atoms with Gasteiger partial charge in [-0.05, 0) is 30.9 Å². The number of tetrazole rings is 1. The van der Waals surface area contributed by atoms with Crippen LogP contribution in [0, 0.1) is 0 Å². The summed E-state index contributed by atoms with van der Waals surface area (Å²) in [5.41, 5.74) is 0.891. The number of rotatable bonds is 6. The Hall–Kier alpha value is -2.77. The molecular formula is C17H21N5O3. The van der Waals surface area contributed by atoms with E-state index in [1.54, 1.807) is 0 Å². The number of likely N-dealkylation sites (tertiary alicyclic amines) is 1. The Kier molecular flexibility index (Phi) is 5.37. The fraction of sp³-hybridized carbons (Fsp3) is 0.471. The van der Waals surface area contributed by atoms with E-state index in [1.165, 1.54) is 9.70 Å². The minimum atomic E-state index is -0.918. The number of aryl methyl sites for hydroxylation is 1. The number of nitrogens with zero attached hydrogens (tertiary/aromatic N) is 5. The molecule has 1 aliphatic rings. The first-order valence-electron chi connectivity index (χ1n) is 8.50. The topological polar surface area (TPSA) is 101 Å². The van der Waals surface area contributed by atoms with Gasteiger partial charge in [-0.15, -0.1) is 10.2 Å². The first-order chi connectivity index (χ1) is 12.1. The predicted octanol–water partition coefficient (Wildman–Crippen LogP) is 1.59. The van der Waals surface area contributed by atoms with Gasteiger partial charge in [0.1, 0.15) is 6.04 Å². The number of hydrogen-bond acceptors (Lipinski definition) is 5. The summed E-state index contributed by atoms with van der Waals surface area (Å²) in [7, 11) is 0. The van der Waals surface area contributed by atoms with E-state index < -0.39 is 12.0 Å². The Morgan fingerprint density at radius 2 is 2.00 bits per heavy atom. The molecule has 0 saturated carbocycles. The molecule has 0 aliphatic carbocycles. The molecule has 1 aromatic carbocycles. The van der Waals surface area contributed by atoms with Gasteiger partial charge in [-0.2, -0.15) is 4.80 Å². The maximum atomic E-state index is 12.3. The molecule has 1 atom stereocenters. The van der Waals surface area contributed by atoms with Crippen molar-refractivity contribution < 1.29 is 14.7 Å². The molecule has 0 spiro atoms. The van der Waals surface area contributed by atoms with Crippen molar-refractivity contribution in [1.29, 1.82) is 0 Å². The summed E-state index contributed by atoms with van der Waals surface area (Å²) in [6.45, 7) is 0.993. The van der Waals surface area contributed by atoms with E-state index in [2.05, 4.69) is 15.4 Å². The van der Waals surface area contributed by atoms with Crippen molar-refractivity contribution >= 4 is 11.9 Å². The van der Waals surface area contributed by atoms with Crippen molar-refractivity contribution in [2.24, 2.45) is 0 Å². The number of carboxylic acid groups (broad SMARTS) is 1. The van der Waals surface area contributed by atoms with E-state index in [0.717, 1.165) is 18.4 Å². The zero-order valence-corrected chi connectivity index (χ0v) is 13.9. The molecule has 0 bridgehead atoms. The van der Waals surface area contributed by atoms with Gasteiger partial charge in [-0.25, -0.2) is 4.79 Å². The predicted molar refractivity (Wildman–Crippen MR) is 89.5 cm³/mol. The van der Waals surface area contributed by atoms with Gasteiger partial charge >= 0.3 is 5.97 Å². The molecule has 1 saturated heterocycles. The molecule has 1 amide bonds. The summed E-state index contributed by atoms with van der Waals surface area (Å²) in [4.78, 5) is 26.6. The highest BCUT2D eigenvalue weighted by Gasteiger charge is 2.31. The average molecular weight is 343 g/mol. The normalized spacial score (nSPS) is 17.4. The molecule has 1 aliphatic heterocycles. The van der Waals surface area contributed by atoms with Crippen molar-refractivity contribution in [3.05, 3.63) is 30.3 Å². The number of piperidine rings is 1. The highest BCUT2D eigenvalue weighted by atomic mass is 16.4. The molecule has 3 rings (SSSR count). The van der Waals surface area contributed by atoms with Crippen LogP contribution in [0.1, 0.15) is 32.1 Å². The van der Waals surface area contributed by atoms with Crippen LogP contribution in [0.5, 0.6) is 0 Å². The second-order valence-electron chi connectivity index (χ2n) is 6.12.